The molecule has 4 rings (SSSR count). The van der Waals surface area contributed by atoms with Crippen LogP contribution in [-0.4, -0.2) is 10.7 Å². The third-order valence-electron chi connectivity index (χ3n) is 8.99. The summed E-state index contributed by atoms with van der Waals surface area (Å²) in [6.07, 6.45) is 13.0. The van der Waals surface area contributed by atoms with Crippen LogP contribution < -0.4 is 0 Å². The number of hydrogen-bond acceptors (Lipinski definition) is 1. The van der Waals surface area contributed by atoms with E-state index in [9.17, 15) is 5.11 Å². The van der Waals surface area contributed by atoms with Crippen LogP contribution in [0.2, 0.25) is 0 Å². The smallest absolute Gasteiger partial charge is 0.132 e. The minimum atomic E-state index is -0.852. The van der Waals surface area contributed by atoms with E-state index in [-0.39, 0.29) is 5.41 Å². The Hall–Kier alpha value is -0.190. The summed E-state index contributed by atoms with van der Waals surface area (Å²) < 4.78 is 0. The first kappa shape index (κ1) is 16.3. The molecule has 0 radical (unpaired) electrons. The van der Waals surface area contributed by atoms with Gasteiger partial charge >= 0.3 is 0 Å². The van der Waals surface area contributed by atoms with Gasteiger partial charge < -0.3 is 5.11 Å². The third-order valence-corrected chi connectivity index (χ3v) is 9.08. The molecule has 0 bridgehead atoms. The van der Waals surface area contributed by atoms with Gasteiger partial charge in [0.05, 0.1) is 0 Å². The van der Waals surface area contributed by atoms with Gasteiger partial charge in [0.15, 0.2) is 0 Å². The average molecular weight is 335 g/mol. The molecule has 4 saturated carbocycles. The predicted molar refractivity (Wildman–Crippen MR) is 94.9 cm³/mol. The summed E-state index contributed by atoms with van der Waals surface area (Å²) in [5.41, 5.74) is -0.329. The van der Waals surface area contributed by atoms with Gasteiger partial charge in [0.2, 0.25) is 0 Å². The van der Waals surface area contributed by atoms with Crippen LogP contribution in [0.3, 0.4) is 0 Å². The molecule has 0 heterocycles. The highest BCUT2D eigenvalue weighted by atomic mass is 35.5. The molecule has 0 aliphatic heterocycles. The van der Waals surface area contributed by atoms with E-state index in [1.807, 2.05) is 0 Å². The molecule has 23 heavy (non-hydrogen) atoms. The van der Waals surface area contributed by atoms with Crippen molar-refractivity contribution in [1.82, 2.24) is 0 Å². The summed E-state index contributed by atoms with van der Waals surface area (Å²) in [5, 5.41) is 13.7. The highest BCUT2D eigenvalue weighted by Crippen LogP contribution is 2.68. The molecular weight excluding hydrogens is 304 g/mol. The van der Waals surface area contributed by atoms with Crippen molar-refractivity contribution >= 4 is 11.6 Å². The monoisotopic (exact) mass is 334 g/mol. The summed E-state index contributed by atoms with van der Waals surface area (Å²) in [5.74, 6) is 6.28. The van der Waals surface area contributed by atoms with Crippen molar-refractivity contribution in [3.63, 3.8) is 0 Å². The Morgan fingerprint density at radius 3 is 2.48 bits per heavy atom. The maximum absolute atomic E-state index is 11.2. The lowest BCUT2D eigenvalue weighted by Gasteiger charge is -2.60. The molecule has 0 spiro atoms. The van der Waals surface area contributed by atoms with Gasteiger partial charge in [0.25, 0.3) is 0 Å². The van der Waals surface area contributed by atoms with Crippen molar-refractivity contribution in [3.05, 3.63) is 0 Å². The van der Waals surface area contributed by atoms with Crippen LogP contribution in [0.4, 0.5) is 0 Å². The summed E-state index contributed by atoms with van der Waals surface area (Å²) in [4.78, 5) is 0. The first-order chi connectivity index (χ1) is 10.9. The Labute approximate surface area is 146 Å². The van der Waals surface area contributed by atoms with Crippen molar-refractivity contribution in [3.8, 4) is 11.3 Å². The standard InChI is InChI=1S/C21H31ClO/c1-19-10-4-3-5-15(19)6-7-16-17(19)8-11-20(2)18(16)9-12-21(20,23)13-14-22/h15-18,23H,3-12H2,1-2H3/t15-,16+,17-,18+,19+,20+,21+/m0/s1. The quantitative estimate of drug-likeness (QED) is 0.592. The fraction of sp³-hybridized carbons (Fsp3) is 0.905. The van der Waals surface area contributed by atoms with Gasteiger partial charge in [-0.25, -0.2) is 0 Å². The highest BCUT2D eigenvalue weighted by molar-refractivity contribution is 6.30. The third kappa shape index (κ3) is 2.10. The number of fused-ring (bicyclic) bond motifs is 5. The number of aliphatic hydroxyl groups is 1. The molecule has 0 unspecified atom stereocenters. The molecule has 7 atom stereocenters. The van der Waals surface area contributed by atoms with Crippen LogP contribution in [0.1, 0.15) is 78.1 Å². The molecule has 4 aliphatic rings. The molecule has 2 heteroatoms. The number of rotatable bonds is 0. The topological polar surface area (TPSA) is 20.2 Å². The zero-order valence-corrected chi connectivity index (χ0v) is 15.5. The molecule has 0 aromatic heterocycles. The summed E-state index contributed by atoms with van der Waals surface area (Å²) in [7, 11) is 0. The van der Waals surface area contributed by atoms with Crippen molar-refractivity contribution in [2.75, 3.05) is 0 Å². The van der Waals surface area contributed by atoms with Crippen LogP contribution in [0.25, 0.3) is 0 Å². The van der Waals surface area contributed by atoms with E-state index in [2.05, 4.69) is 25.1 Å². The van der Waals surface area contributed by atoms with Crippen molar-refractivity contribution in [2.45, 2.75) is 83.7 Å². The number of hydrogen-bond donors (Lipinski definition) is 1. The van der Waals surface area contributed by atoms with E-state index in [0.717, 1.165) is 37.0 Å². The molecule has 0 aromatic carbocycles. The number of halogens is 1. The van der Waals surface area contributed by atoms with Crippen LogP contribution in [0, 0.1) is 45.8 Å². The Morgan fingerprint density at radius 2 is 1.70 bits per heavy atom. The van der Waals surface area contributed by atoms with Crippen molar-refractivity contribution in [1.29, 1.82) is 0 Å². The van der Waals surface area contributed by atoms with Gasteiger partial charge in [-0.05, 0) is 92.1 Å². The first-order valence-corrected chi connectivity index (χ1v) is 10.2. The second-order valence-corrected chi connectivity index (χ2v) is 9.67. The maximum atomic E-state index is 11.2. The largest absolute Gasteiger partial charge is 0.377 e. The van der Waals surface area contributed by atoms with Gasteiger partial charge in [-0.2, -0.15) is 0 Å². The zero-order chi connectivity index (χ0) is 16.3. The molecule has 128 valence electrons. The van der Waals surface area contributed by atoms with Crippen molar-refractivity contribution in [2.24, 2.45) is 34.5 Å². The highest BCUT2D eigenvalue weighted by Gasteiger charge is 2.64. The van der Waals surface area contributed by atoms with E-state index >= 15 is 0 Å². The van der Waals surface area contributed by atoms with Crippen LogP contribution in [0.5, 0.6) is 0 Å². The van der Waals surface area contributed by atoms with Gasteiger partial charge in [-0.1, -0.05) is 32.6 Å². The SMILES string of the molecule is C[C@@]12CCCC[C@H]1CC[C@H]1[C@H]3CC[C@@](O)(C#CCl)[C@]3(C)CC[C@@H]12. The van der Waals surface area contributed by atoms with Gasteiger partial charge in [-0.15, -0.1) is 0 Å². The van der Waals surface area contributed by atoms with Crippen molar-refractivity contribution < 1.29 is 5.11 Å². The molecule has 0 saturated heterocycles. The second-order valence-electron chi connectivity index (χ2n) is 9.48. The van der Waals surface area contributed by atoms with E-state index < -0.39 is 5.60 Å². The fourth-order valence-electron chi connectivity index (χ4n) is 7.59. The molecule has 4 aliphatic carbocycles. The Balaban J connectivity index is 1.66. The predicted octanol–water partition coefficient (Wildman–Crippen LogP) is 5.35. The summed E-state index contributed by atoms with van der Waals surface area (Å²) in [6.45, 7) is 4.91. The van der Waals surface area contributed by atoms with Gasteiger partial charge in [-0.3, -0.25) is 0 Å². The maximum Gasteiger partial charge on any atom is 0.132 e. The summed E-state index contributed by atoms with van der Waals surface area (Å²) >= 11 is 5.69. The van der Waals surface area contributed by atoms with Crippen LogP contribution in [0.15, 0.2) is 0 Å². The Morgan fingerprint density at radius 1 is 0.913 bits per heavy atom. The normalized spacial score (nSPS) is 55.1. The molecular formula is C21H31ClO. The molecule has 1 N–H and O–H groups in total. The first-order valence-electron chi connectivity index (χ1n) is 9.80. The van der Waals surface area contributed by atoms with Crippen LogP contribution >= 0.6 is 11.6 Å². The van der Waals surface area contributed by atoms with Gasteiger partial charge in [0.1, 0.15) is 5.60 Å². The molecule has 1 nitrogen and oxygen atoms in total. The summed E-state index contributed by atoms with van der Waals surface area (Å²) in [6, 6.07) is 0. The minimum absolute atomic E-state index is 0.0477. The Bertz CT molecular complexity index is 548. The minimum Gasteiger partial charge on any atom is -0.377 e. The van der Waals surface area contributed by atoms with E-state index in [4.69, 9.17) is 11.6 Å². The molecule has 0 aromatic rings. The fourth-order valence-corrected chi connectivity index (χ4v) is 7.75. The van der Waals surface area contributed by atoms with Crippen LogP contribution in [-0.2, 0) is 0 Å². The average Bonchev–Trinajstić information content (AvgIpc) is 2.79. The van der Waals surface area contributed by atoms with Gasteiger partial charge in [0, 0.05) is 10.8 Å². The van der Waals surface area contributed by atoms with E-state index in [0.29, 0.717) is 11.3 Å². The molecule has 4 fully saturated rings. The van der Waals surface area contributed by atoms with E-state index in [1.165, 1.54) is 44.9 Å². The lowest BCUT2D eigenvalue weighted by molar-refractivity contribution is -0.134. The lowest BCUT2D eigenvalue weighted by atomic mass is 9.44. The van der Waals surface area contributed by atoms with E-state index in [1.54, 1.807) is 0 Å². The zero-order valence-electron chi connectivity index (χ0n) is 14.7. The second kappa shape index (κ2) is 5.40. The lowest BCUT2D eigenvalue weighted by Crippen LogP contribution is -2.55. The Kier molecular flexibility index (Phi) is 3.83. The molecule has 0 amide bonds.